The molecule has 1 aromatic heterocycles. The summed E-state index contributed by atoms with van der Waals surface area (Å²) >= 11 is 0. The van der Waals surface area contributed by atoms with E-state index in [0.29, 0.717) is 17.5 Å². The lowest BCUT2D eigenvalue weighted by Crippen LogP contribution is -2.44. The normalized spacial score (nSPS) is 20.8. The highest BCUT2D eigenvalue weighted by molar-refractivity contribution is 5.76. The number of nitrogens with zero attached hydrogens (tertiary/aromatic N) is 3. The van der Waals surface area contributed by atoms with Gasteiger partial charge in [-0.05, 0) is 18.3 Å². The number of rotatable bonds is 3. The fraction of sp³-hybridized carbons (Fsp3) is 0.421. The highest BCUT2D eigenvalue weighted by atomic mass is 16.2. The van der Waals surface area contributed by atoms with Crippen molar-refractivity contribution in [1.82, 2.24) is 14.5 Å². The average Bonchev–Trinajstić information content (AvgIpc) is 2.56. The van der Waals surface area contributed by atoms with Gasteiger partial charge in [0, 0.05) is 24.7 Å². The van der Waals surface area contributed by atoms with Crippen molar-refractivity contribution in [2.24, 2.45) is 11.8 Å². The first-order valence-electron chi connectivity index (χ1n) is 8.42. The highest BCUT2D eigenvalue weighted by Gasteiger charge is 2.25. The predicted octanol–water partition coefficient (Wildman–Crippen LogP) is 2.41. The molecule has 0 N–H and O–H groups in total. The first kappa shape index (κ1) is 16.4. The van der Waals surface area contributed by atoms with E-state index in [1.54, 1.807) is 0 Å². The SMILES string of the molecule is CC1CC(C)CN(C(=O)Cn2cnc(-c3ccccc3)cc2=O)C1. The molecule has 1 saturated heterocycles. The van der Waals surface area contributed by atoms with Gasteiger partial charge in [-0.1, -0.05) is 44.2 Å². The summed E-state index contributed by atoms with van der Waals surface area (Å²) in [5.41, 5.74) is 1.33. The second-order valence-electron chi connectivity index (χ2n) is 6.85. The van der Waals surface area contributed by atoms with Gasteiger partial charge >= 0.3 is 0 Å². The molecule has 2 heterocycles. The molecule has 1 fully saturated rings. The van der Waals surface area contributed by atoms with Crippen molar-refractivity contribution in [3.05, 3.63) is 53.1 Å². The van der Waals surface area contributed by atoms with Crippen LogP contribution < -0.4 is 5.56 Å². The van der Waals surface area contributed by atoms with Crippen LogP contribution in [0.4, 0.5) is 0 Å². The van der Waals surface area contributed by atoms with Crippen molar-refractivity contribution in [2.75, 3.05) is 13.1 Å². The first-order chi connectivity index (χ1) is 11.5. The Morgan fingerprint density at radius 2 is 1.83 bits per heavy atom. The molecule has 2 unspecified atom stereocenters. The molecule has 0 radical (unpaired) electrons. The minimum Gasteiger partial charge on any atom is -0.341 e. The molecule has 0 aliphatic carbocycles. The summed E-state index contributed by atoms with van der Waals surface area (Å²) in [4.78, 5) is 31.0. The lowest BCUT2D eigenvalue weighted by atomic mass is 9.92. The summed E-state index contributed by atoms with van der Waals surface area (Å²) in [6.07, 6.45) is 2.62. The quantitative estimate of drug-likeness (QED) is 0.871. The Morgan fingerprint density at radius 1 is 1.17 bits per heavy atom. The van der Waals surface area contributed by atoms with Crippen LogP contribution in [0.5, 0.6) is 0 Å². The van der Waals surface area contributed by atoms with E-state index in [9.17, 15) is 9.59 Å². The number of amides is 1. The van der Waals surface area contributed by atoms with Crippen LogP contribution in [0.1, 0.15) is 20.3 Å². The molecule has 1 aromatic carbocycles. The molecule has 3 rings (SSSR count). The molecule has 5 heteroatoms. The zero-order valence-electron chi connectivity index (χ0n) is 14.2. The first-order valence-corrected chi connectivity index (χ1v) is 8.42. The van der Waals surface area contributed by atoms with E-state index in [1.807, 2.05) is 35.2 Å². The van der Waals surface area contributed by atoms with Gasteiger partial charge in [0.15, 0.2) is 0 Å². The predicted molar refractivity (Wildman–Crippen MR) is 93.5 cm³/mol. The fourth-order valence-corrected chi connectivity index (χ4v) is 3.42. The van der Waals surface area contributed by atoms with Crippen molar-refractivity contribution >= 4 is 5.91 Å². The summed E-state index contributed by atoms with van der Waals surface area (Å²) in [6.45, 7) is 5.93. The number of likely N-dealkylation sites (tertiary alicyclic amines) is 1. The maximum absolute atomic E-state index is 12.5. The van der Waals surface area contributed by atoms with Gasteiger partial charge in [0.1, 0.15) is 6.54 Å². The van der Waals surface area contributed by atoms with E-state index in [-0.39, 0.29) is 18.0 Å². The second-order valence-corrected chi connectivity index (χ2v) is 6.85. The molecule has 2 aromatic rings. The van der Waals surface area contributed by atoms with Gasteiger partial charge in [-0.3, -0.25) is 14.2 Å². The maximum Gasteiger partial charge on any atom is 0.254 e. The Labute approximate surface area is 141 Å². The van der Waals surface area contributed by atoms with Gasteiger partial charge < -0.3 is 4.90 Å². The van der Waals surface area contributed by atoms with Gasteiger partial charge in [-0.25, -0.2) is 4.98 Å². The van der Waals surface area contributed by atoms with Crippen LogP contribution in [0.25, 0.3) is 11.3 Å². The van der Waals surface area contributed by atoms with Crippen LogP contribution in [0.3, 0.4) is 0 Å². The third-order valence-corrected chi connectivity index (χ3v) is 4.48. The molecular weight excluding hydrogens is 302 g/mol. The van der Waals surface area contributed by atoms with Crippen LogP contribution >= 0.6 is 0 Å². The summed E-state index contributed by atoms with van der Waals surface area (Å²) in [6, 6.07) is 11.0. The van der Waals surface area contributed by atoms with Crippen LogP contribution in [-0.2, 0) is 11.3 Å². The Bertz CT molecular complexity index is 760. The molecule has 2 atom stereocenters. The molecule has 1 amide bonds. The average molecular weight is 325 g/mol. The number of piperidine rings is 1. The van der Waals surface area contributed by atoms with Crippen molar-refractivity contribution in [3.63, 3.8) is 0 Å². The van der Waals surface area contributed by atoms with Gasteiger partial charge in [0.2, 0.25) is 5.91 Å². The number of benzene rings is 1. The van der Waals surface area contributed by atoms with Gasteiger partial charge in [-0.15, -0.1) is 0 Å². The number of hydrogen-bond donors (Lipinski definition) is 0. The van der Waals surface area contributed by atoms with Crippen molar-refractivity contribution in [3.8, 4) is 11.3 Å². The minimum atomic E-state index is -0.199. The van der Waals surface area contributed by atoms with Crippen molar-refractivity contribution in [2.45, 2.75) is 26.8 Å². The van der Waals surface area contributed by atoms with Crippen LogP contribution in [0.15, 0.2) is 47.5 Å². The van der Waals surface area contributed by atoms with Crippen LogP contribution in [0.2, 0.25) is 0 Å². The molecule has 0 saturated carbocycles. The zero-order chi connectivity index (χ0) is 17.1. The van der Waals surface area contributed by atoms with Gasteiger partial charge in [0.25, 0.3) is 5.56 Å². The summed E-state index contributed by atoms with van der Waals surface area (Å²) < 4.78 is 1.39. The van der Waals surface area contributed by atoms with Crippen molar-refractivity contribution < 1.29 is 4.79 Å². The van der Waals surface area contributed by atoms with E-state index in [1.165, 1.54) is 17.0 Å². The molecule has 126 valence electrons. The van der Waals surface area contributed by atoms with Gasteiger partial charge in [-0.2, -0.15) is 0 Å². The van der Waals surface area contributed by atoms with E-state index < -0.39 is 0 Å². The smallest absolute Gasteiger partial charge is 0.254 e. The molecule has 1 aliphatic heterocycles. The largest absolute Gasteiger partial charge is 0.341 e. The number of hydrogen-bond acceptors (Lipinski definition) is 3. The summed E-state index contributed by atoms with van der Waals surface area (Å²) in [5, 5.41) is 0. The lowest BCUT2D eigenvalue weighted by molar-refractivity contribution is -0.134. The third kappa shape index (κ3) is 3.72. The van der Waals surface area contributed by atoms with Crippen molar-refractivity contribution in [1.29, 1.82) is 0 Å². The Hall–Kier alpha value is -2.43. The van der Waals surface area contributed by atoms with Gasteiger partial charge in [0.05, 0.1) is 12.0 Å². The summed E-state index contributed by atoms with van der Waals surface area (Å²) in [5.74, 6) is 1.01. The van der Waals surface area contributed by atoms with Crippen LogP contribution in [-0.4, -0.2) is 33.4 Å². The van der Waals surface area contributed by atoms with E-state index >= 15 is 0 Å². The Kier molecular flexibility index (Phi) is 4.79. The second kappa shape index (κ2) is 6.99. The lowest BCUT2D eigenvalue weighted by Gasteiger charge is -2.35. The van der Waals surface area contributed by atoms with E-state index in [2.05, 4.69) is 18.8 Å². The Balaban J connectivity index is 1.74. The number of aromatic nitrogens is 2. The Morgan fingerprint density at radius 3 is 2.46 bits per heavy atom. The molecule has 0 spiro atoms. The molecule has 1 aliphatic rings. The molecular formula is C19H23N3O2. The summed E-state index contributed by atoms with van der Waals surface area (Å²) in [7, 11) is 0. The maximum atomic E-state index is 12.5. The molecule has 24 heavy (non-hydrogen) atoms. The zero-order valence-corrected chi connectivity index (χ0v) is 14.2. The molecule has 0 bridgehead atoms. The fourth-order valence-electron chi connectivity index (χ4n) is 3.42. The topological polar surface area (TPSA) is 55.2 Å². The number of carbonyl (C=O) groups excluding carboxylic acids is 1. The van der Waals surface area contributed by atoms with Crippen LogP contribution in [0, 0.1) is 11.8 Å². The highest BCUT2D eigenvalue weighted by Crippen LogP contribution is 2.21. The van der Waals surface area contributed by atoms with E-state index in [4.69, 9.17) is 0 Å². The standard InChI is InChI=1S/C19H23N3O2/c1-14-8-15(2)11-21(10-14)19(24)12-22-13-20-17(9-18(22)23)16-6-4-3-5-7-16/h3-7,9,13-15H,8,10-12H2,1-2H3. The van der Waals surface area contributed by atoms with E-state index in [0.717, 1.165) is 25.1 Å². The third-order valence-electron chi connectivity index (χ3n) is 4.48. The number of carbonyl (C=O) groups is 1. The monoisotopic (exact) mass is 325 g/mol. The molecule has 5 nitrogen and oxygen atoms in total. The minimum absolute atomic E-state index is 0.00948.